The van der Waals surface area contributed by atoms with Gasteiger partial charge in [0.25, 0.3) is 0 Å². The molecule has 16 heavy (non-hydrogen) atoms. The van der Waals surface area contributed by atoms with Crippen LogP contribution in [0.4, 0.5) is 5.69 Å². The van der Waals surface area contributed by atoms with E-state index in [2.05, 4.69) is 41.4 Å². The molecular weight excluding hydrogens is 200 g/mol. The molecule has 1 heterocycles. The number of nitrogens with zero attached hydrogens (tertiary/aromatic N) is 1. The van der Waals surface area contributed by atoms with E-state index in [1.54, 1.807) is 0 Å². The van der Waals surface area contributed by atoms with Crippen molar-refractivity contribution in [3.05, 3.63) is 29.8 Å². The Kier molecular flexibility index (Phi) is 3.80. The van der Waals surface area contributed by atoms with Crippen molar-refractivity contribution in [1.29, 1.82) is 0 Å². The molecule has 1 fully saturated rings. The Morgan fingerprint density at radius 2 is 2.12 bits per heavy atom. The van der Waals surface area contributed by atoms with Gasteiger partial charge in [0, 0.05) is 25.8 Å². The number of nitrogens with one attached hydrogen (secondary N) is 1. The third kappa shape index (κ3) is 2.54. The molecule has 0 spiro atoms. The van der Waals surface area contributed by atoms with Crippen LogP contribution in [-0.2, 0) is 4.74 Å². The van der Waals surface area contributed by atoms with Crippen LogP contribution in [-0.4, -0.2) is 38.2 Å². The Balaban J connectivity index is 2.05. The standard InChI is InChI=1S/C13H20N2O/c1-3-15-8-9-16-13(10-15)11-4-6-12(14-2)7-5-11/h4-7,13-14H,3,8-10H2,1-2H3. The molecule has 1 aliphatic heterocycles. The van der Waals surface area contributed by atoms with Crippen LogP contribution in [0.15, 0.2) is 24.3 Å². The smallest absolute Gasteiger partial charge is 0.0952 e. The molecule has 1 aromatic rings. The molecular formula is C13H20N2O. The number of hydrogen-bond donors (Lipinski definition) is 1. The third-order valence-electron chi connectivity index (χ3n) is 3.17. The van der Waals surface area contributed by atoms with E-state index in [0.717, 1.165) is 31.9 Å². The lowest BCUT2D eigenvalue weighted by molar-refractivity contribution is -0.0281. The molecule has 2 rings (SSSR count). The van der Waals surface area contributed by atoms with Gasteiger partial charge in [0.05, 0.1) is 12.7 Å². The van der Waals surface area contributed by atoms with E-state index in [-0.39, 0.29) is 6.10 Å². The highest BCUT2D eigenvalue weighted by atomic mass is 16.5. The summed E-state index contributed by atoms with van der Waals surface area (Å²) in [6.07, 6.45) is 0.236. The van der Waals surface area contributed by atoms with Gasteiger partial charge in [-0.25, -0.2) is 0 Å². The average Bonchev–Trinajstić information content (AvgIpc) is 2.39. The van der Waals surface area contributed by atoms with Crippen molar-refractivity contribution in [2.75, 3.05) is 38.6 Å². The summed E-state index contributed by atoms with van der Waals surface area (Å²) in [6.45, 7) is 6.21. The summed E-state index contributed by atoms with van der Waals surface area (Å²) >= 11 is 0. The molecule has 1 saturated heterocycles. The van der Waals surface area contributed by atoms with Crippen LogP contribution >= 0.6 is 0 Å². The topological polar surface area (TPSA) is 24.5 Å². The lowest BCUT2D eigenvalue weighted by Crippen LogP contribution is -2.38. The van der Waals surface area contributed by atoms with Crippen molar-refractivity contribution >= 4 is 5.69 Å². The molecule has 3 heteroatoms. The van der Waals surface area contributed by atoms with Crippen LogP contribution in [0.2, 0.25) is 0 Å². The minimum atomic E-state index is 0.236. The predicted molar refractivity (Wildman–Crippen MR) is 66.8 cm³/mol. The molecule has 1 aliphatic rings. The second kappa shape index (κ2) is 5.32. The number of morpholine rings is 1. The normalized spacial score (nSPS) is 22.0. The molecule has 0 radical (unpaired) electrons. The fraction of sp³-hybridized carbons (Fsp3) is 0.538. The maximum Gasteiger partial charge on any atom is 0.0952 e. The summed E-state index contributed by atoms with van der Waals surface area (Å²) in [4.78, 5) is 2.43. The van der Waals surface area contributed by atoms with Crippen molar-refractivity contribution in [1.82, 2.24) is 4.90 Å². The van der Waals surface area contributed by atoms with Gasteiger partial charge in [0.1, 0.15) is 0 Å². The fourth-order valence-electron chi connectivity index (χ4n) is 2.06. The first-order valence-corrected chi connectivity index (χ1v) is 5.95. The molecule has 0 bridgehead atoms. The number of anilines is 1. The van der Waals surface area contributed by atoms with E-state index >= 15 is 0 Å². The Labute approximate surface area is 97.4 Å². The van der Waals surface area contributed by atoms with Crippen molar-refractivity contribution in [3.8, 4) is 0 Å². The quantitative estimate of drug-likeness (QED) is 0.844. The van der Waals surface area contributed by atoms with Gasteiger partial charge in [-0.2, -0.15) is 0 Å². The van der Waals surface area contributed by atoms with E-state index in [1.807, 2.05) is 7.05 Å². The fourth-order valence-corrected chi connectivity index (χ4v) is 2.06. The molecule has 1 N–H and O–H groups in total. The molecule has 88 valence electrons. The van der Waals surface area contributed by atoms with Gasteiger partial charge in [0.15, 0.2) is 0 Å². The summed E-state index contributed by atoms with van der Waals surface area (Å²) in [5.74, 6) is 0. The minimum Gasteiger partial charge on any atom is -0.388 e. The second-order valence-corrected chi connectivity index (χ2v) is 4.12. The molecule has 0 aromatic heterocycles. The van der Waals surface area contributed by atoms with Gasteiger partial charge < -0.3 is 10.1 Å². The summed E-state index contributed by atoms with van der Waals surface area (Å²) < 4.78 is 5.81. The molecule has 1 aromatic carbocycles. The zero-order chi connectivity index (χ0) is 11.4. The van der Waals surface area contributed by atoms with Crippen LogP contribution in [0.1, 0.15) is 18.6 Å². The molecule has 3 nitrogen and oxygen atoms in total. The highest BCUT2D eigenvalue weighted by Crippen LogP contribution is 2.23. The van der Waals surface area contributed by atoms with Crippen molar-refractivity contribution in [2.24, 2.45) is 0 Å². The van der Waals surface area contributed by atoms with E-state index in [4.69, 9.17) is 4.74 Å². The maximum absolute atomic E-state index is 5.81. The maximum atomic E-state index is 5.81. The highest BCUT2D eigenvalue weighted by molar-refractivity contribution is 5.44. The van der Waals surface area contributed by atoms with Gasteiger partial charge in [-0.15, -0.1) is 0 Å². The van der Waals surface area contributed by atoms with Crippen molar-refractivity contribution in [3.63, 3.8) is 0 Å². The molecule has 0 amide bonds. The zero-order valence-electron chi connectivity index (χ0n) is 10.1. The van der Waals surface area contributed by atoms with Crippen molar-refractivity contribution < 1.29 is 4.74 Å². The third-order valence-corrected chi connectivity index (χ3v) is 3.17. The minimum absolute atomic E-state index is 0.236. The van der Waals surface area contributed by atoms with Crippen LogP contribution in [0.5, 0.6) is 0 Å². The monoisotopic (exact) mass is 220 g/mol. The zero-order valence-corrected chi connectivity index (χ0v) is 10.1. The first kappa shape index (κ1) is 11.4. The van der Waals surface area contributed by atoms with Gasteiger partial charge in [-0.1, -0.05) is 19.1 Å². The molecule has 0 saturated carbocycles. The van der Waals surface area contributed by atoms with Crippen LogP contribution in [0, 0.1) is 0 Å². The predicted octanol–water partition coefficient (Wildman–Crippen LogP) is 2.12. The Bertz CT molecular complexity index is 323. The highest BCUT2D eigenvalue weighted by Gasteiger charge is 2.20. The SMILES string of the molecule is CCN1CCOC(c2ccc(NC)cc2)C1. The first-order chi connectivity index (χ1) is 7.83. The number of ether oxygens (including phenoxy) is 1. The van der Waals surface area contributed by atoms with Crippen LogP contribution in [0.3, 0.4) is 0 Å². The number of likely N-dealkylation sites (N-methyl/N-ethyl adjacent to an activating group) is 1. The molecule has 1 unspecified atom stereocenters. The van der Waals surface area contributed by atoms with E-state index < -0.39 is 0 Å². The summed E-state index contributed by atoms with van der Waals surface area (Å²) in [6, 6.07) is 8.50. The van der Waals surface area contributed by atoms with E-state index in [0.29, 0.717) is 0 Å². The summed E-state index contributed by atoms with van der Waals surface area (Å²) in [5.41, 5.74) is 2.42. The Morgan fingerprint density at radius 1 is 1.38 bits per heavy atom. The van der Waals surface area contributed by atoms with Gasteiger partial charge >= 0.3 is 0 Å². The largest absolute Gasteiger partial charge is 0.388 e. The second-order valence-electron chi connectivity index (χ2n) is 4.12. The molecule has 0 aliphatic carbocycles. The Morgan fingerprint density at radius 3 is 2.75 bits per heavy atom. The first-order valence-electron chi connectivity index (χ1n) is 5.95. The van der Waals surface area contributed by atoms with E-state index in [9.17, 15) is 0 Å². The summed E-state index contributed by atoms with van der Waals surface area (Å²) in [7, 11) is 1.94. The van der Waals surface area contributed by atoms with Crippen molar-refractivity contribution in [2.45, 2.75) is 13.0 Å². The van der Waals surface area contributed by atoms with Crippen LogP contribution in [0.25, 0.3) is 0 Å². The van der Waals surface area contributed by atoms with Gasteiger partial charge in [-0.05, 0) is 24.2 Å². The Hall–Kier alpha value is -1.06. The average molecular weight is 220 g/mol. The van der Waals surface area contributed by atoms with Gasteiger partial charge in [0.2, 0.25) is 0 Å². The van der Waals surface area contributed by atoms with Crippen LogP contribution < -0.4 is 5.32 Å². The molecule has 1 atom stereocenters. The number of rotatable bonds is 3. The lowest BCUT2D eigenvalue weighted by Gasteiger charge is -2.32. The van der Waals surface area contributed by atoms with E-state index in [1.165, 1.54) is 5.56 Å². The number of hydrogen-bond acceptors (Lipinski definition) is 3. The lowest BCUT2D eigenvalue weighted by atomic mass is 10.1. The van der Waals surface area contributed by atoms with Gasteiger partial charge in [-0.3, -0.25) is 4.90 Å². The number of benzene rings is 1. The summed E-state index contributed by atoms with van der Waals surface area (Å²) in [5, 5.41) is 3.13.